The molecule has 3 nitrogen and oxygen atoms in total. The second-order valence-electron chi connectivity index (χ2n) is 4.54. The van der Waals surface area contributed by atoms with Crippen LogP contribution in [-0.4, -0.2) is 19.1 Å². The lowest BCUT2D eigenvalue weighted by Crippen LogP contribution is -2.38. The van der Waals surface area contributed by atoms with E-state index in [1.165, 1.54) is 5.56 Å². The molecule has 0 aliphatic heterocycles. The molecule has 0 fully saturated rings. The summed E-state index contributed by atoms with van der Waals surface area (Å²) < 4.78 is 0. The second-order valence-corrected chi connectivity index (χ2v) is 4.54. The highest BCUT2D eigenvalue weighted by Crippen LogP contribution is 2.15. The van der Waals surface area contributed by atoms with Gasteiger partial charge in [0.2, 0.25) is 0 Å². The van der Waals surface area contributed by atoms with Crippen molar-refractivity contribution in [3.05, 3.63) is 29.8 Å². The Morgan fingerprint density at radius 1 is 1.38 bits per heavy atom. The molecule has 1 aromatic carbocycles. The van der Waals surface area contributed by atoms with Crippen LogP contribution in [0, 0.1) is 18.3 Å². The van der Waals surface area contributed by atoms with Crippen LogP contribution in [0.1, 0.15) is 18.9 Å². The highest BCUT2D eigenvalue weighted by molar-refractivity contribution is 5.46. The summed E-state index contributed by atoms with van der Waals surface area (Å²) >= 11 is 0. The lowest BCUT2D eigenvalue weighted by atomic mass is 10.0. The third kappa shape index (κ3) is 3.56. The molecule has 0 amide bonds. The summed E-state index contributed by atoms with van der Waals surface area (Å²) in [4.78, 5) is 2.11. The maximum absolute atomic E-state index is 8.82. The molecule has 2 N–H and O–H groups in total. The molecule has 1 aromatic rings. The van der Waals surface area contributed by atoms with Crippen molar-refractivity contribution >= 4 is 5.69 Å². The van der Waals surface area contributed by atoms with Gasteiger partial charge in [-0.2, -0.15) is 5.26 Å². The number of anilines is 1. The van der Waals surface area contributed by atoms with Gasteiger partial charge >= 0.3 is 0 Å². The number of aryl methyl sites for hydroxylation is 1. The van der Waals surface area contributed by atoms with Crippen LogP contribution in [0.5, 0.6) is 0 Å². The van der Waals surface area contributed by atoms with E-state index in [4.69, 9.17) is 11.0 Å². The van der Waals surface area contributed by atoms with Gasteiger partial charge in [-0.25, -0.2) is 0 Å². The smallest absolute Gasteiger partial charge is 0.103 e. The topological polar surface area (TPSA) is 53.0 Å². The minimum atomic E-state index is -0.737. The average Bonchev–Trinajstić information content (AvgIpc) is 2.27. The minimum absolute atomic E-state index is 0.661. The van der Waals surface area contributed by atoms with Gasteiger partial charge in [0.05, 0.1) is 6.07 Å². The van der Waals surface area contributed by atoms with Crippen LogP contribution in [0.2, 0.25) is 0 Å². The quantitative estimate of drug-likeness (QED) is 0.840. The van der Waals surface area contributed by atoms with Gasteiger partial charge in [0.15, 0.2) is 0 Å². The maximum Gasteiger partial charge on any atom is 0.103 e. The van der Waals surface area contributed by atoms with Crippen molar-refractivity contribution in [3.63, 3.8) is 0 Å². The fraction of sp³-hybridized carbons (Fsp3) is 0.462. The van der Waals surface area contributed by atoms with Gasteiger partial charge in [-0.05, 0) is 32.4 Å². The molecule has 3 heteroatoms. The Bertz CT molecular complexity index is 373. The van der Waals surface area contributed by atoms with E-state index in [-0.39, 0.29) is 0 Å². The van der Waals surface area contributed by atoms with Crippen molar-refractivity contribution in [1.82, 2.24) is 0 Å². The molecule has 0 saturated carbocycles. The van der Waals surface area contributed by atoms with Crippen LogP contribution in [0.4, 0.5) is 5.69 Å². The van der Waals surface area contributed by atoms with Crippen LogP contribution in [-0.2, 0) is 0 Å². The molecule has 0 aliphatic carbocycles. The summed E-state index contributed by atoms with van der Waals surface area (Å²) in [5, 5.41) is 8.82. The maximum atomic E-state index is 8.82. The molecule has 1 unspecified atom stereocenters. The van der Waals surface area contributed by atoms with Gasteiger partial charge in [0.25, 0.3) is 0 Å². The summed E-state index contributed by atoms with van der Waals surface area (Å²) in [5.74, 6) is 0. The summed E-state index contributed by atoms with van der Waals surface area (Å²) in [5.41, 5.74) is 7.44. The molecule has 0 bridgehead atoms. The van der Waals surface area contributed by atoms with E-state index >= 15 is 0 Å². The Labute approximate surface area is 97.5 Å². The molecule has 0 aromatic heterocycles. The van der Waals surface area contributed by atoms with Crippen LogP contribution in [0.25, 0.3) is 0 Å². The summed E-state index contributed by atoms with van der Waals surface area (Å²) in [6.07, 6.45) is 0.661. The molecule has 86 valence electrons. The highest BCUT2D eigenvalue weighted by atomic mass is 15.1. The highest BCUT2D eigenvalue weighted by Gasteiger charge is 2.17. The predicted molar refractivity (Wildman–Crippen MR) is 67.3 cm³/mol. The Balaban J connectivity index is 2.57. The minimum Gasteiger partial charge on any atom is -0.374 e. The second kappa shape index (κ2) is 5.00. The fourth-order valence-corrected chi connectivity index (χ4v) is 1.38. The van der Waals surface area contributed by atoms with Gasteiger partial charge < -0.3 is 10.6 Å². The zero-order valence-electron chi connectivity index (χ0n) is 10.2. The lowest BCUT2D eigenvalue weighted by molar-refractivity contribution is 0.547. The van der Waals surface area contributed by atoms with Crippen molar-refractivity contribution in [2.24, 2.45) is 5.73 Å². The Morgan fingerprint density at radius 3 is 2.44 bits per heavy atom. The van der Waals surface area contributed by atoms with Gasteiger partial charge in [-0.3, -0.25) is 0 Å². The van der Waals surface area contributed by atoms with Crippen molar-refractivity contribution in [3.8, 4) is 6.07 Å². The first-order valence-electron chi connectivity index (χ1n) is 5.42. The third-order valence-electron chi connectivity index (χ3n) is 2.70. The molecule has 16 heavy (non-hydrogen) atoms. The van der Waals surface area contributed by atoms with E-state index < -0.39 is 5.54 Å². The molecule has 1 atom stereocenters. The van der Waals surface area contributed by atoms with E-state index in [1.54, 1.807) is 6.92 Å². The summed E-state index contributed by atoms with van der Waals surface area (Å²) in [6.45, 7) is 4.61. The molecule has 0 heterocycles. The van der Waals surface area contributed by atoms with Crippen molar-refractivity contribution in [1.29, 1.82) is 5.26 Å². The van der Waals surface area contributed by atoms with E-state index in [2.05, 4.69) is 42.2 Å². The number of hydrogen-bond acceptors (Lipinski definition) is 3. The summed E-state index contributed by atoms with van der Waals surface area (Å²) in [6, 6.07) is 10.4. The third-order valence-corrected chi connectivity index (χ3v) is 2.70. The SMILES string of the molecule is Cc1ccc(N(C)CCC(C)(N)C#N)cc1. The number of nitrogens with zero attached hydrogens (tertiary/aromatic N) is 2. The van der Waals surface area contributed by atoms with Crippen molar-refractivity contribution in [2.75, 3.05) is 18.5 Å². The molecule has 0 saturated heterocycles. The first-order chi connectivity index (χ1) is 7.44. The Morgan fingerprint density at radius 2 is 1.94 bits per heavy atom. The number of nitrogens with two attached hydrogens (primary N) is 1. The Kier molecular flexibility index (Phi) is 3.92. The van der Waals surface area contributed by atoms with E-state index in [0.29, 0.717) is 6.42 Å². The number of hydrogen-bond donors (Lipinski definition) is 1. The first kappa shape index (κ1) is 12.5. The molecule has 0 radical (unpaired) electrons. The monoisotopic (exact) mass is 217 g/mol. The molecular formula is C13H19N3. The molecule has 0 aliphatic rings. The largest absolute Gasteiger partial charge is 0.374 e. The lowest BCUT2D eigenvalue weighted by Gasteiger charge is -2.23. The van der Waals surface area contributed by atoms with Gasteiger partial charge in [0.1, 0.15) is 5.54 Å². The number of nitriles is 1. The van der Waals surface area contributed by atoms with Crippen LogP contribution < -0.4 is 10.6 Å². The average molecular weight is 217 g/mol. The number of rotatable bonds is 4. The van der Waals surface area contributed by atoms with Crippen molar-refractivity contribution < 1.29 is 0 Å². The zero-order chi connectivity index (χ0) is 12.2. The molecule has 0 spiro atoms. The Hall–Kier alpha value is -1.53. The zero-order valence-corrected chi connectivity index (χ0v) is 10.2. The van der Waals surface area contributed by atoms with E-state index in [1.807, 2.05) is 7.05 Å². The van der Waals surface area contributed by atoms with Crippen molar-refractivity contribution in [2.45, 2.75) is 25.8 Å². The molecule has 1 rings (SSSR count). The molecular weight excluding hydrogens is 198 g/mol. The van der Waals surface area contributed by atoms with Crippen LogP contribution >= 0.6 is 0 Å². The van der Waals surface area contributed by atoms with E-state index in [9.17, 15) is 0 Å². The normalized spacial score (nSPS) is 13.9. The van der Waals surface area contributed by atoms with Gasteiger partial charge in [-0.1, -0.05) is 17.7 Å². The van der Waals surface area contributed by atoms with Crippen LogP contribution in [0.15, 0.2) is 24.3 Å². The van der Waals surface area contributed by atoms with Gasteiger partial charge in [0, 0.05) is 19.3 Å². The fourth-order valence-electron chi connectivity index (χ4n) is 1.38. The first-order valence-corrected chi connectivity index (χ1v) is 5.42. The number of benzene rings is 1. The standard InChI is InChI=1S/C13H19N3/c1-11-4-6-12(7-5-11)16(3)9-8-13(2,15)10-14/h4-7H,8-9,15H2,1-3H3. The van der Waals surface area contributed by atoms with Crippen LogP contribution in [0.3, 0.4) is 0 Å². The predicted octanol–water partition coefficient (Wildman–Crippen LogP) is 2.06. The van der Waals surface area contributed by atoms with Gasteiger partial charge in [-0.15, -0.1) is 0 Å². The van der Waals surface area contributed by atoms with E-state index in [0.717, 1.165) is 12.2 Å². The summed E-state index contributed by atoms with van der Waals surface area (Å²) in [7, 11) is 2.01.